The fourth-order valence-electron chi connectivity index (χ4n) is 1.60. The average molecular weight is 307 g/mol. The number of ether oxygens (including phenoxy) is 1. The van der Waals surface area contributed by atoms with Gasteiger partial charge in [0.25, 0.3) is 5.91 Å². The van der Waals surface area contributed by atoms with Crippen molar-refractivity contribution >= 4 is 29.1 Å². The molecule has 0 unspecified atom stereocenters. The SMILES string of the molecule is COCCNc1nccc(C(=O)Nc2cccc(Cl)c2)n1. The molecular weight excluding hydrogens is 292 g/mol. The highest BCUT2D eigenvalue weighted by atomic mass is 35.5. The van der Waals surface area contributed by atoms with E-state index in [-0.39, 0.29) is 11.6 Å². The summed E-state index contributed by atoms with van der Waals surface area (Å²) in [6, 6.07) is 8.46. The number of nitrogens with zero attached hydrogens (tertiary/aromatic N) is 2. The molecule has 0 aliphatic rings. The van der Waals surface area contributed by atoms with Crippen LogP contribution in [0.3, 0.4) is 0 Å². The molecule has 2 rings (SSSR count). The Labute approximate surface area is 127 Å². The summed E-state index contributed by atoms with van der Waals surface area (Å²) in [6.45, 7) is 1.10. The minimum Gasteiger partial charge on any atom is -0.383 e. The molecule has 1 aromatic carbocycles. The van der Waals surface area contributed by atoms with Crippen LogP contribution in [0.1, 0.15) is 10.5 Å². The zero-order chi connectivity index (χ0) is 15.1. The van der Waals surface area contributed by atoms with Crippen LogP contribution < -0.4 is 10.6 Å². The highest BCUT2D eigenvalue weighted by molar-refractivity contribution is 6.30. The molecule has 0 bridgehead atoms. The first-order chi connectivity index (χ1) is 10.2. The predicted molar refractivity (Wildman–Crippen MR) is 81.8 cm³/mol. The Bertz CT molecular complexity index is 621. The van der Waals surface area contributed by atoms with E-state index in [4.69, 9.17) is 16.3 Å². The second-order valence-corrected chi connectivity index (χ2v) is 4.59. The van der Waals surface area contributed by atoms with Crippen molar-refractivity contribution in [3.05, 3.63) is 47.2 Å². The predicted octanol–water partition coefficient (Wildman–Crippen LogP) is 2.44. The van der Waals surface area contributed by atoms with Crippen molar-refractivity contribution in [2.24, 2.45) is 0 Å². The first-order valence-corrected chi connectivity index (χ1v) is 6.69. The summed E-state index contributed by atoms with van der Waals surface area (Å²) in [4.78, 5) is 20.3. The van der Waals surface area contributed by atoms with Crippen LogP contribution in [0, 0.1) is 0 Å². The van der Waals surface area contributed by atoms with E-state index >= 15 is 0 Å². The molecule has 0 spiro atoms. The molecule has 1 heterocycles. The topological polar surface area (TPSA) is 76.1 Å². The van der Waals surface area contributed by atoms with E-state index in [1.54, 1.807) is 37.4 Å². The Balaban J connectivity index is 2.03. The van der Waals surface area contributed by atoms with Crippen LogP contribution in [0.2, 0.25) is 5.02 Å². The summed E-state index contributed by atoms with van der Waals surface area (Å²) in [5.41, 5.74) is 0.880. The minimum absolute atomic E-state index is 0.268. The lowest BCUT2D eigenvalue weighted by molar-refractivity contribution is 0.102. The highest BCUT2D eigenvalue weighted by Gasteiger charge is 2.09. The van der Waals surface area contributed by atoms with Crippen molar-refractivity contribution in [1.82, 2.24) is 9.97 Å². The zero-order valence-electron chi connectivity index (χ0n) is 11.5. The molecule has 1 amide bonds. The third-order valence-electron chi connectivity index (χ3n) is 2.56. The number of rotatable bonds is 6. The number of hydrogen-bond acceptors (Lipinski definition) is 5. The first kappa shape index (κ1) is 15.2. The van der Waals surface area contributed by atoms with Gasteiger partial charge in [0.15, 0.2) is 0 Å². The Hall–Kier alpha value is -2.18. The van der Waals surface area contributed by atoms with Crippen LogP contribution in [0.15, 0.2) is 36.5 Å². The normalized spacial score (nSPS) is 10.2. The average Bonchev–Trinajstić information content (AvgIpc) is 2.48. The third kappa shape index (κ3) is 4.70. The molecule has 0 aliphatic carbocycles. The van der Waals surface area contributed by atoms with E-state index in [2.05, 4.69) is 20.6 Å². The number of anilines is 2. The van der Waals surface area contributed by atoms with E-state index in [1.165, 1.54) is 6.20 Å². The number of halogens is 1. The lowest BCUT2D eigenvalue weighted by atomic mass is 10.3. The van der Waals surface area contributed by atoms with Crippen molar-refractivity contribution in [1.29, 1.82) is 0 Å². The van der Waals surface area contributed by atoms with Crippen LogP contribution in [0.4, 0.5) is 11.6 Å². The zero-order valence-corrected chi connectivity index (χ0v) is 12.2. The molecule has 0 fully saturated rings. The molecular formula is C14H15ClN4O2. The molecule has 0 aliphatic heterocycles. The van der Waals surface area contributed by atoms with Crippen LogP contribution in [0.25, 0.3) is 0 Å². The molecule has 0 atom stereocenters. The van der Waals surface area contributed by atoms with Crippen LogP contribution in [-0.2, 0) is 4.74 Å². The van der Waals surface area contributed by atoms with Gasteiger partial charge >= 0.3 is 0 Å². The molecule has 0 saturated heterocycles. The highest BCUT2D eigenvalue weighted by Crippen LogP contribution is 2.15. The second kappa shape index (κ2) is 7.56. The molecule has 7 heteroatoms. The monoisotopic (exact) mass is 306 g/mol. The van der Waals surface area contributed by atoms with Crippen molar-refractivity contribution in [3.8, 4) is 0 Å². The van der Waals surface area contributed by atoms with Gasteiger partial charge in [-0.15, -0.1) is 0 Å². The quantitative estimate of drug-likeness (QED) is 0.802. The van der Waals surface area contributed by atoms with E-state index < -0.39 is 0 Å². The number of methoxy groups -OCH3 is 1. The number of carbonyl (C=O) groups is 1. The lowest BCUT2D eigenvalue weighted by Gasteiger charge is -2.07. The van der Waals surface area contributed by atoms with Crippen molar-refractivity contribution in [2.45, 2.75) is 0 Å². The Morgan fingerprint density at radius 2 is 2.24 bits per heavy atom. The number of amides is 1. The number of benzene rings is 1. The summed E-state index contributed by atoms with van der Waals surface area (Å²) >= 11 is 5.87. The maximum atomic E-state index is 12.1. The maximum absolute atomic E-state index is 12.1. The van der Waals surface area contributed by atoms with E-state index in [9.17, 15) is 4.79 Å². The van der Waals surface area contributed by atoms with Crippen LogP contribution >= 0.6 is 11.6 Å². The number of aromatic nitrogens is 2. The second-order valence-electron chi connectivity index (χ2n) is 4.15. The van der Waals surface area contributed by atoms with Gasteiger partial charge in [-0.3, -0.25) is 4.79 Å². The van der Waals surface area contributed by atoms with Crippen LogP contribution in [-0.4, -0.2) is 36.1 Å². The minimum atomic E-state index is -0.325. The fourth-order valence-corrected chi connectivity index (χ4v) is 1.79. The van der Waals surface area contributed by atoms with E-state index in [0.29, 0.717) is 29.8 Å². The van der Waals surface area contributed by atoms with Gasteiger partial charge in [0, 0.05) is 30.6 Å². The number of carbonyl (C=O) groups excluding carboxylic acids is 1. The third-order valence-corrected chi connectivity index (χ3v) is 2.80. The van der Waals surface area contributed by atoms with Crippen molar-refractivity contribution in [2.75, 3.05) is 30.9 Å². The summed E-state index contributed by atoms with van der Waals surface area (Å²) in [6.07, 6.45) is 1.52. The standard InChI is InChI=1S/C14H15ClN4O2/c1-21-8-7-17-14-16-6-5-12(19-14)13(20)18-11-4-2-3-10(15)9-11/h2-6,9H,7-8H2,1H3,(H,18,20)(H,16,17,19). The Morgan fingerprint density at radius 1 is 1.38 bits per heavy atom. The summed E-state index contributed by atoms with van der Waals surface area (Å²) in [5.74, 6) is 0.0558. The summed E-state index contributed by atoms with van der Waals surface area (Å²) in [5, 5.41) is 6.25. The van der Waals surface area contributed by atoms with Crippen molar-refractivity contribution < 1.29 is 9.53 Å². The van der Waals surface area contributed by atoms with Gasteiger partial charge in [0.2, 0.25) is 5.95 Å². The maximum Gasteiger partial charge on any atom is 0.274 e. The van der Waals surface area contributed by atoms with Gasteiger partial charge in [-0.25, -0.2) is 9.97 Å². The van der Waals surface area contributed by atoms with Gasteiger partial charge in [0.1, 0.15) is 5.69 Å². The van der Waals surface area contributed by atoms with Crippen LogP contribution in [0.5, 0.6) is 0 Å². The van der Waals surface area contributed by atoms with Gasteiger partial charge in [0.05, 0.1) is 6.61 Å². The van der Waals surface area contributed by atoms with Crippen molar-refractivity contribution in [3.63, 3.8) is 0 Å². The number of hydrogen-bond donors (Lipinski definition) is 2. The van der Waals surface area contributed by atoms with Gasteiger partial charge < -0.3 is 15.4 Å². The first-order valence-electron chi connectivity index (χ1n) is 6.32. The molecule has 0 saturated carbocycles. The summed E-state index contributed by atoms with van der Waals surface area (Å²) < 4.78 is 4.92. The number of nitrogens with one attached hydrogen (secondary N) is 2. The summed E-state index contributed by atoms with van der Waals surface area (Å²) in [7, 11) is 1.61. The Morgan fingerprint density at radius 3 is 3.00 bits per heavy atom. The Kier molecular flexibility index (Phi) is 5.48. The van der Waals surface area contributed by atoms with Gasteiger partial charge in [-0.05, 0) is 24.3 Å². The fraction of sp³-hybridized carbons (Fsp3) is 0.214. The molecule has 110 valence electrons. The lowest BCUT2D eigenvalue weighted by Crippen LogP contribution is -2.16. The van der Waals surface area contributed by atoms with E-state index in [0.717, 1.165) is 0 Å². The molecule has 6 nitrogen and oxygen atoms in total. The van der Waals surface area contributed by atoms with E-state index in [1.807, 2.05) is 0 Å². The molecule has 1 aromatic heterocycles. The molecule has 2 N–H and O–H groups in total. The smallest absolute Gasteiger partial charge is 0.274 e. The largest absolute Gasteiger partial charge is 0.383 e. The molecule has 21 heavy (non-hydrogen) atoms. The molecule has 0 radical (unpaired) electrons. The van der Waals surface area contributed by atoms with Gasteiger partial charge in [-0.1, -0.05) is 17.7 Å². The van der Waals surface area contributed by atoms with Gasteiger partial charge in [-0.2, -0.15) is 0 Å². The molecule has 2 aromatic rings.